The van der Waals surface area contributed by atoms with E-state index in [0.717, 1.165) is 4.90 Å². The van der Waals surface area contributed by atoms with E-state index in [1.165, 1.54) is 43.5 Å². The van der Waals surface area contributed by atoms with E-state index in [2.05, 4.69) is 0 Å². The number of phenols is 1. The van der Waals surface area contributed by atoms with Crippen LogP contribution in [0.15, 0.2) is 70.8 Å². The molecule has 0 spiro atoms. The summed E-state index contributed by atoms with van der Waals surface area (Å²) >= 11 is 6.33. The van der Waals surface area contributed by atoms with Crippen LogP contribution in [-0.4, -0.2) is 40.5 Å². The highest BCUT2D eigenvalue weighted by molar-refractivity contribution is 6.32. The number of allylic oxidation sites excluding steroid dienone is 6. The molecule has 1 fully saturated rings. The first kappa shape index (κ1) is 26.6. The third-order valence-electron chi connectivity index (χ3n) is 8.47. The van der Waals surface area contributed by atoms with Gasteiger partial charge in [-0.05, 0) is 55.5 Å². The van der Waals surface area contributed by atoms with Crippen LogP contribution in [0.5, 0.6) is 11.5 Å². The van der Waals surface area contributed by atoms with Crippen molar-refractivity contribution >= 4 is 46.4 Å². The van der Waals surface area contributed by atoms with Gasteiger partial charge in [-0.25, -0.2) is 4.90 Å². The Morgan fingerprint density at radius 1 is 1.10 bits per heavy atom. The second-order valence-electron chi connectivity index (χ2n) is 10.6. The number of hydrogen-bond acceptors (Lipinski definition) is 8. The summed E-state index contributed by atoms with van der Waals surface area (Å²) in [5, 5.41) is 21.7. The molecule has 0 radical (unpaired) electrons. The molecular formula is C30H23ClN2O8. The van der Waals surface area contributed by atoms with Gasteiger partial charge in [0.2, 0.25) is 11.8 Å². The topological polar surface area (TPSA) is 144 Å². The smallest absolute Gasteiger partial charge is 0.271 e. The number of imide groups is 1. The highest BCUT2D eigenvalue weighted by Gasteiger charge is 2.56. The number of ether oxygens (including phenoxy) is 1. The maximum Gasteiger partial charge on any atom is 0.271 e. The fourth-order valence-electron chi connectivity index (χ4n) is 6.66. The van der Waals surface area contributed by atoms with Gasteiger partial charge < -0.3 is 9.84 Å². The zero-order valence-electron chi connectivity index (χ0n) is 21.9. The minimum atomic E-state index is -0.845. The predicted molar refractivity (Wildman–Crippen MR) is 147 cm³/mol. The van der Waals surface area contributed by atoms with E-state index in [4.69, 9.17) is 16.3 Å². The number of Topliss-reactive ketones (excluding diaryl/α,β-unsaturated/α-hetero) is 1. The molecule has 41 heavy (non-hydrogen) atoms. The van der Waals surface area contributed by atoms with Gasteiger partial charge in [-0.3, -0.25) is 29.3 Å². The molecule has 3 aliphatic carbocycles. The fourth-order valence-corrected chi connectivity index (χ4v) is 6.88. The number of phenolic OH excluding ortho intramolecular Hbond substituents is 1. The third kappa shape index (κ3) is 3.93. The lowest BCUT2D eigenvalue weighted by Gasteiger charge is -2.42. The van der Waals surface area contributed by atoms with Crippen LogP contribution in [0.3, 0.4) is 0 Å². The Kier molecular flexibility index (Phi) is 6.18. The highest BCUT2D eigenvalue weighted by Crippen LogP contribution is 2.56. The molecule has 2 aromatic rings. The molecule has 0 aromatic heterocycles. The van der Waals surface area contributed by atoms with E-state index >= 15 is 0 Å². The average molecular weight is 575 g/mol. The Balaban J connectivity index is 1.49. The largest absolute Gasteiger partial charge is 0.503 e. The Hall–Kier alpha value is -4.57. The van der Waals surface area contributed by atoms with Gasteiger partial charge >= 0.3 is 0 Å². The highest BCUT2D eigenvalue weighted by atomic mass is 35.5. The minimum absolute atomic E-state index is 0.0104. The number of benzene rings is 2. The standard InChI is InChI=1S/C30H23ClN2O8/c1-13-8-22(34)20-12-19-17(24(26(20)27(13)35)14-9-21(31)28(36)23(10-14)41-2)6-7-18-25(19)30(38)32(29(18)37)15-4-3-5-16(11-15)33(39)40/h3-6,8-11,18-19,24-25,36H,7,12H2,1-2H3. The fraction of sp³-hybridized carbons (Fsp3) is 0.267. The summed E-state index contributed by atoms with van der Waals surface area (Å²) in [6, 6.07) is 8.41. The Morgan fingerprint density at radius 2 is 1.85 bits per heavy atom. The summed E-state index contributed by atoms with van der Waals surface area (Å²) in [6.07, 6.45) is 3.42. The molecule has 10 nitrogen and oxygen atoms in total. The van der Waals surface area contributed by atoms with Crippen molar-refractivity contribution in [2.75, 3.05) is 12.0 Å². The Bertz CT molecular complexity index is 1700. The van der Waals surface area contributed by atoms with Crippen molar-refractivity contribution in [2.24, 2.45) is 17.8 Å². The monoisotopic (exact) mass is 574 g/mol. The van der Waals surface area contributed by atoms with Crippen LogP contribution in [0.25, 0.3) is 0 Å². The molecule has 11 heteroatoms. The summed E-state index contributed by atoms with van der Waals surface area (Å²) in [6.45, 7) is 1.57. The number of fused-ring (bicyclic) bond motifs is 3. The van der Waals surface area contributed by atoms with Crippen molar-refractivity contribution in [1.29, 1.82) is 0 Å². The molecule has 4 unspecified atom stereocenters. The van der Waals surface area contributed by atoms with Crippen LogP contribution in [0.4, 0.5) is 11.4 Å². The van der Waals surface area contributed by atoms with Crippen molar-refractivity contribution in [3.8, 4) is 11.5 Å². The van der Waals surface area contributed by atoms with E-state index in [-0.39, 0.29) is 69.0 Å². The summed E-state index contributed by atoms with van der Waals surface area (Å²) in [5.74, 6) is -4.77. The third-order valence-corrected chi connectivity index (χ3v) is 8.76. The van der Waals surface area contributed by atoms with E-state index in [9.17, 15) is 34.4 Å². The Labute approximate surface area is 238 Å². The first-order chi connectivity index (χ1) is 19.5. The molecule has 1 heterocycles. The van der Waals surface area contributed by atoms with Gasteiger partial charge in [0.05, 0.1) is 34.6 Å². The van der Waals surface area contributed by atoms with Crippen LogP contribution in [0.2, 0.25) is 5.02 Å². The maximum atomic E-state index is 13.9. The van der Waals surface area contributed by atoms with Crippen LogP contribution in [-0.2, 0) is 19.2 Å². The van der Waals surface area contributed by atoms with Gasteiger partial charge in [0.25, 0.3) is 5.69 Å². The number of anilines is 1. The number of nitrogens with zero attached hydrogens (tertiary/aromatic N) is 2. The SMILES string of the molecule is COc1cc(C2C3=CCC4C(=O)N(c5cccc([N+](=O)[O-])c5)C(=O)C4C3CC3=C2C(=O)C(C)=CC3=O)cc(Cl)c1O. The lowest BCUT2D eigenvalue weighted by molar-refractivity contribution is -0.384. The number of rotatable bonds is 4. The normalized spacial score (nSPS) is 25.4. The minimum Gasteiger partial charge on any atom is -0.503 e. The number of nitro benzene ring substituents is 1. The number of aromatic hydroxyl groups is 1. The maximum absolute atomic E-state index is 13.9. The second kappa shape index (κ2) is 9.52. The van der Waals surface area contributed by atoms with Crippen molar-refractivity contribution in [3.63, 3.8) is 0 Å². The number of amides is 2. The van der Waals surface area contributed by atoms with Crippen molar-refractivity contribution < 1.29 is 33.9 Å². The van der Waals surface area contributed by atoms with Crippen LogP contribution in [0, 0.1) is 27.9 Å². The zero-order chi connectivity index (χ0) is 29.3. The van der Waals surface area contributed by atoms with Crippen LogP contribution in [0.1, 0.15) is 31.2 Å². The molecular weight excluding hydrogens is 552 g/mol. The number of carbonyl (C=O) groups excluding carboxylic acids is 4. The summed E-state index contributed by atoms with van der Waals surface area (Å²) in [7, 11) is 1.36. The molecule has 2 aromatic carbocycles. The Morgan fingerprint density at radius 3 is 2.56 bits per heavy atom. The van der Waals surface area contributed by atoms with Crippen LogP contribution < -0.4 is 9.64 Å². The molecule has 2 amide bonds. The van der Waals surface area contributed by atoms with Crippen LogP contribution >= 0.6 is 11.6 Å². The number of halogens is 1. The van der Waals surface area contributed by atoms with E-state index in [1.807, 2.05) is 6.08 Å². The van der Waals surface area contributed by atoms with Crippen molar-refractivity contribution in [1.82, 2.24) is 0 Å². The number of non-ortho nitro benzene ring substituents is 1. The first-order valence-corrected chi connectivity index (χ1v) is 13.3. The lowest BCUT2D eigenvalue weighted by Crippen LogP contribution is -2.39. The van der Waals surface area contributed by atoms with Crippen molar-refractivity contribution in [3.05, 3.63) is 91.5 Å². The molecule has 208 valence electrons. The summed E-state index contributed by atoms with van der Waals surface area (Å²) in [5.41, 5.74) is 1.89. The number of methoxy groups -OCH3 is 1. The van der Waals surface area contributed by atoms with E-state index in [1.54, 1.807) is 13.0 Å². The molecule has 0 saturated carbocycles. The molecule has 1 N–H and O–H groups in total. The number of carbonyl (C=O) groups is 4. The quantitative estimate of drug-likeness (QED) is 0.183. The first-order valence-electron chi connectivity index (χ1n) is 12.9. The molecule has 1 aliphatic heterocycles. The lowest BCUT2D eigenvalue weighted by atomic mass is 9.59. The summed E-state index contributed by atoms with van der Waals surface area (Å²) < 4.78 is 5.30. The number of nitro groups is 1. The van der Waals surface area contributed by atoms with E-state index < -0.39 is 40.4 Å². The molecule has 4 atom stereocenters. The van der Waals surface area contributed by atoms with Gasteiger partial charge in [-0.2, -0.15) is 0 Å². The predicted octanol–water partition coefficient (Wildman–Crippen LogP) is 4.60. The molecule has 1 saturated heterocycles. The van der Waals surface area contributed by atoms with Crippen molar-refractivity contribution in [2.45, 2.75) is 25.7 Å². The van der Waals surface area contributed by atoms with Gasteiger partial charge in [-0.1, -0.05) is 29.3 Å². The van der Waals surface area contributed by atoms with Gasteiger partial charge in [0.1, 0.15) is 0 Å². The number of hydrogen-bond donors (Lipinski definition) is 1. The van der Waals surface area contributed by atoms with Gasteiger partial charge in [-0.15, -0.1) is 0 Å². The zero-order valence-corrected chi connectivity index (χ0v) is 22.7. The van der Waals surface area contributed by atoms with Gasteiger partial charge in [0.15, 0.2) is 23.1 Å². The second-order valence-corrected chi connectivity index (χ2v) is 11.0. The van der Waals surface area contributed by atoms with E-state index in [0.29, 0.717) is 11.1 Å². The molecule has 4 aliphatic rings. The number of ketones is 2. The molecule has 0 bridgehead atoms. The van der Waals surface area contributed by atoms with Gasteiger partial charge in [0, 0.05) is 34.8 Å². The summed E-state index contributed by atoms with van der Waals surface area (Å²) in [4.78, 5) is 66.1. The average Bonchev–Trinajstić information content (AvgIpc) is 3.21. The molecule has 6 rings (SSSR count).